The first-order chi connectivity index (χ1) is 38.1. The van der Waals surface area contributed by atoms with E-state index in [4.69, 9.17) is 19.0 Å². The molecule has 6 heterocycles. The molecule has 2 fully saturated rings. The fraction of sp³-hybridized carbons (Fsp3) is 0.429. The smallest absolute Gasteiger partial charge is 0.324 e. The number of hydrogen-bond donors (Lipinski definition) is 5. The Hall–Kier alpha value is -8.18. The lowest BCUT2D eigenvalue weighted by Crippen LogP contribution is -2.54. The number of carbonyl (C=O) groups is 8. The summed E-state index contributed by atoms with van der Waals surface area (Å²) in [6, 6.07) is 18.2. The van der Waals surface area contributed by atoms with E-state index >= 15 is 0 Å². The van der Waals surface area contributed by atoms with Gasteiger partial charge in [0.15, 0.2) is 17.4 Å². The van der Waals surface area contributed by atoms with Gasteiger partial charge < -0.3 is 34.8 Å². The molecule has 9 amide bonds. The summed E-state index contributed by atoms with van der Waals surface area (Å²) in [6.45, 7) is 10.5. The van der Waals surface area contributed by atoms with E-state index in [2.05, 4.69) is 41.0 Å². The summed E-state index contributed by atoms with van der Waals surface area (Å²) in [5.41, 5.74) is 3.22. The van der Waals surface area contributed by atoms with E-state index in [9.17, 15) is 38.4 Å². The molecule has 23 heteroatoms. The van der Waals surface area contributed by atoms with Crippen molar-refractivity contribution in [3.63, 3.8) is 0 Å². The van der Waals surface area contributed by atoms with Crippen molar-refractivity contribution in [2.45, 2.75) is 96.4 Å². The number of anilines is 2. The molecule has 0 saturated carbocycles. The van der Waals surface area contributed by atoms with Gasteiger partial charge in [-0.25, -0.2) is 9.78 Å². The first kappa shape index (κ1) is 55.6. The van der Waals surface area contributed by atoms with E-state index < -0.39 is 35.7 Å². The summed E-state index contributed by atoms with van der Waals surface area (Å²) < 4.78 is 20.3. The van der Waals surface area contributed by atoms with Gasteiger partial charge in [0.1, 0.15) is 29.9 Å². The molecule has 9 rings (SSSR count). The summed E-state index contributed by atoms with van der Waals surface area (Å²) in [7, 11) is 0. The van der Waals surface area contributed by atoms with Crippen molar-refractivity contribution >= 4 is 85.4 Å². The number of imide groups is 2. The second-order valence-corrected chi connectivity index (χ2v) is 21.8. The Morgan fingerprint density at radius 3 is 2.27 bits per heavy atom. The van der Waals surface area contributed by atoms with E-state index in [1.54, 1.807) is 17.4 Å². The van der Waals surface area contributed by atoms with E-state index in [-0.39, 0.29) is 72.3 Å². The lowest BCUT2D eigenvalue weighted by atomic mass is 9.93. The molecular weight excluding hydrogens is 1030 g/mol. The van der Waals surface area contributed by atoms with Gasteiger partial charge in [-0.2, -0.15) is 0 Å². The van der Waals surface area contributed by atoms with Crippen LogP contribution in [0, 0.1) is 0 Å². The molecule has 2 saturated heterocycles. The first-order valence-corrected chi connectivity index (χ1v) is 27.6. The van der Waals surface area contributed by atoms with E-state index in [0.717, 1.165) is 95.2 Å². The van der Waals surface area contributed by atoms with Gasteiger partial charge >= 0.3 is 6.03 Å². The Bertz CT molecular complexity index is 3240. The van der Waals surface area contributed by atoms with Gasteiger partial charge in [-0.05, 0) is 61.7 Å². The third kappa shape index (κ3) is 13.9. The van der Waals surface area contributed by atoms with Crippen molar-refractivity contribution < 1.29 is 52.4 Å². The summed E-state index contributed by atoms with van der Waals surface area (Å²) in [6.07, 6.45) is 7.75. The lowest BCUT2D eigenvalue weighted by Gasteiger charge is -2.34. The topological polar surface area (TPSA) is 268 Å². The molecule has 3 aliphatic rings. The number of nitrogens with one attached hydrogen (secondary N) is 5. The Labute approximate surface area is 459 Å². The van der Waals surface area contributed by atoms with Crippen LogP contribution in [0.25, 0.3) is 26.4 Å². The summed E-state index contributed by atoms with van der Waals surface area (Å²) in [4.78, 5) is 112. The second kappa shape index (κ2) is 25.1. The molecule has 3 aliphatic heterocycles. The zero-order chi connectivity index (χ0) is 55.6. The third-order valence-electron chi connectivity index (χ3n) is 14.0. The summed E-state index contributed by atoms with van der Waals surface area (Å²) in [5, 5.41) is 17.4. The van der Waals surface area contributed by atoms with Gasteiger partial charge in [-0.3, -0.25) is 58.4 Å². The molecule has 0 aliphatic carbocycles. The number of thiazole rings is 1. The molecule has 79 heavy (non-hydrogen) atoms. The molecule has 3 aromatic heterocycles. The molecule has 0 spiro atoms. The fourth-order valence-electron chi connectivity index (χ4n) is 9.59. The minimum absolute atomic E-state index is 0.0103. The summed E-state index contributed by atoms with van der Waals surface area (Å²) >= 11 is 1.58. The second-order valence-electron chi connectivity index (χ2n) is 20.8. The highest BCUT2D eigenvalue weighted by molar-refractivity contribution is 7.23. The van der Waals surface area contributed by atoms with Crippen molar-refractivity contribution in [3.05, 3.63) is 89.8 Å². The predicted molar refractivity (Wildman–Crippen MR) is 294 cm³/mol. The van der Waals surface area contributed by atoms with Gasteiger partial charge in [0.05, 0.1) is 27.0 Å². The van der Waals surface area contributed by atoms with Crippen molar-refractivity contribution in [1.29, 1.82) is 0 Å². The Morgan fingerprint density at radius 1 is 0.810 bits per heavy atom. The van der Waals surface area contributed by atoms with Crippen LogP contribution >= 0.6 is 11.3 Å². The van der Waals surface area contributed by atoms with Crippen molar-refractivity contribution in [3.8, 4) is 22.8 Å². The number of ether oxygens (including phenoxy) is 2. The minimum Gasteiger partial charge on any atom is -0.492 e. The number of hydrogen-bond acceptors (Lipinski definition) is 15. The highest BCUT2D eigenvalue weighted by atomic mass is 32.1. The molecule has 0 bridgehead atoms. The zero-order valence-corrected chi connectivity index (χ0v) is 45.3. The largest absolute Gasteiger partial charge is 0.492 e. The number of urea groups is 1. The van der Waals surface area contributed by atoms with E-state index in [0.29, 0.717) is 50.1 Å². The van der Waals surface area contributed by atoms with E-state index in [1.165, 1.54) is 18.2 Å². The van der Waals surface area contributed by atoms with Crippen LogP contribution in [0.3, 0.4) is 0 Å². The quantitative estimate of drug-likeness (QED) is 0.0339. The van der Waals surface area contributed by atoms with Gasteiger partial charge in [0.2, 0.25) is 23.6 Å². The lowest BCUT2D eigenvalue weighted by molar-refractivity contribution is -0.136. The number of piperazine rings is 1. The average Bonchev–Trinajstić information content (AvgIpc) is 4.40. The number of amides is 9. The van der Waals surface area contributed by atoms with Gasteiger partial charge in [0, 0.05) is 94.0 Å². The predicted octanol–water partition coefficient (Wildman–Crippen LogP) is 6.50. The maximum atomic E-state index is 13.2. The molecule has 5 N–H and O–H groups in total. The standard InChI is InChI=1S/C56H65N11O11S/c1-56(2,3)44-32-45(63-78-44)61-54(75)59-36-15-13-35(14-16-36)39-33-66-40-18-17-37(31-43(40)79-55(66)60-39)76-30-29-64-25-27-65(28-26-64)49(71)22-21-46(68)57-23-8-6-4-5-7-9-24-58-48(70)34-77-42-12-10-11-38-50(42)53(74)67(52(38)73)41-19-20-47(69)62-51(41)72/h10-18,31-33,41H,4-9,19-30,34H2,1-3H3,(H,57,68)(H,58,70)(H,62,69,72)(H2,59,61,63,75). The summed E-state index contributed by atoms with van der Waals surface area (Å²) in [5.74, 6) is -1.19. The number of imidazole rings is 1. The van der Waals surface area contributed by atoms with Crippen molar-refractivity contribution in [2.24, 2.45) is 0 Å². The minimum atomic E-state index is -1.10. The molecule has 6 aromatic rings. The van der Waals surface area contributed by atoms with Crippen LogP contribution in [-0.4, -0.2) is 142 Å². The molecule has 1 atom stereocenters. The first-order valence-electron chi connectivity index (χ1n) is 26.8. The van der Waals surface area contributed by atoms with E-state index in [1.807, 2.05) is 74.3 Å². The number of fused-ring (bicyclic) bond motifs is 4. The fourth-order valence-corrected chi connectivity index (χ4v) is 10.6. The molecule has 0 radical (unpaired) electrons. The number of aromatic nitrogens is 3. The van der Waals surface area contributed by atoms with Crippen LogP contribution in [0.4, 0.5) is 16.3 Å². The molecule has 1 unspecified atom stereocenters. The van der Waals surface area contributed by atoms with Crippen LogP contribution in [0.1, 0.15) is 111 Å². The zero-order valence-electron chi connectivity index (χ0n) is 44.5. The Kier molecular flexibility index (Phi) is 17.6. The Balaban J connectivity index is 0.585. The molecule has 22 nitrogen and oxygen atoms in total. The Morgan fingerprint density at radius 2 is 1.54 bits per heavy atom. The number of unbranched alkanes of at least 4 members (excludes halogenated alkanes) is 5. The van der Waals surface area contributed by atoms with Crippen LogP contribution in [-0.2, 0) is 29.4 Å². The molecule has 3 aromatic carbocycles. The average molecular weight is 1100 g/mol. The van der Waals surface area contributed by atoms with Crippen molar-refractivity contribution in [2.75, 3.05) is 69.7 Å². The number of carbonyl (C=O) groups excluding carboxylic acids is 8. The number of rotatable bonds is 23. The highest BCUT2D eigenvalue weighted by Crippen LogP contribution is 2.35. The van der Waals surface area contributed by atoms with Crippen LogP contribution in [0.15, 0.2) is 77.4 Å². The maximum Gasteiger partial charge on any atom is 0.324 e. The SMILES string of the molecule is CC(C)(C)c1cc(NC(=O)Nc2ccc(-c3cn4c(n3)sc3cc(OCCN5CCN(C(=O)CCC(=O)NCCCCCCCCNC(=O)COc6cccc7c6C(=O)N(C6CCC(=O)NC6=O)C7=O)CC5)ccc34)cc2)no1. The molecule has 416 valence electrons. The number of nitrogens with zero attached hydrogens (tertiary/aromatic N) is 6. The van der Waals surface area contributed by atoms with Crippen LogP contribution < -0.4 is 36.1 Å². The third-order valence-corrected chi connectivity index (χ3v) is 15.0. The normalized spacial score (nSPS) is 15.8. The van der Waals surface area contributed by atoms with Gasteiger partial charge in [0.25, 0.3) is 17.7 Å². The van der Waals surface area contributed by atoms with Crippen LogP contribution in [0.5, 0.6) is 11.5 Å². The number of benzene rings is 3. The highest BCUT2D eigenvalue weighted by Gasteiger charge is 2.46. The monoisotopic (exact) mass is 1100 g/mol. The molecular formula is C56H65N11O11S. The van der Waals surface area contributed by atoms with Crippen LogP contribution in [0.2, 0.25) is 0 Å². The van der Waals surface area contributed by atoms with Crippen molar-refractivity contribution in [1.82, 2.24) is 45.2 Å². The number of piperidine rings is 1. The van der Waals surface area contributed by atoms with Gasteiger partial charge in [-0.15, -0.1) is 0 Å². The maximum absolute atomic E-state index is 13.2. The van der Waals surface area contributed by atoms with Gasteiger partial charge in [-0.1, -0.05) is 81.1 Å².